The van der Waals surface area contributed by atoms with E-state index in [1.54, 1.807) is 11.1 Å². The fourth-order valence-electron chi connectivity index (χ4n) is 5.58. The third-order valence-electron chi connectivity index (χ3n) is 7.45. The van der Waals surface area contributed by atoms with Crippen molar-refractivity contribution in [2.75, 3.05) is 64.4 Å². The first kappa shape index (κ1) is 18.9. The highest BCUT2D eigenvalue weighted by molar-refractivity contribution is 5.52. The average Bonchev–Trinajstić information content (AvgIpc) is 3.38. The molecule has 0 amide bonds. The van der Waals surface area contributed by atoms with E-state index < -0.39 is 0 Å². The van der Waals surface area contributed by atoms with Crippen LogP contribution >= 0.6 is 0 Å². The van der Waals surface area contributed by atoms with Gasteiger partial charge in [-0.1, -0.05) is 6.07 Å². The lowest BCUT2D eigenvalue weighted by molar-refractivity contribution is 0.0900. The molecule has 0 radical (unpaired) electrons. The Morgan fingerprint density at radius 1 is 0.929 bits per heavy atom. The summed E-state index contributed by atoms with van der Waals surface area (Å²) in [7, 11) is 2.23. The molecule has 3 fully saturated rings. The Hall–Kier alpha value is -1.14. The van der Waals surface area contributed by atoms with Crippen LogP contribution in [0.25, 0.3) is 0 Å². The fourth-order valence-corrected chi connectivity index (χ4v) is 5.58. The van der Waals surface area contributed by atoms with Gasteiger partial charge >= 0.3 is 0 Å². The van der Waals surface area contributed by atoms with E-state index in [1.165, 1.54) is 77.1 Å². The van der Waals surface area contributed by atoms with Crippen molar-refractivity contribution in [3.63, 3.8) is 0 Å². The molecule has 1 aromatic rings. The number of anilines is 1. The second-order valence-corrected chi connectivity index (χ2v) is 9.29. The molecular weight excluding hydrogens is 348 g/mol. The molecule has 28 heavy (non-hydrogen) atoms. The minimum atomic E-state index is 0.500. The maximum Gasteiger partial charge on any atom is 0.0638 e. The average molecular weight is 385 g/mol. The Morgan fingerprint density at radius 3 is 2.54 bits per heavy atom. The van der Waals surface area contributed by atoms with Gasteiger partial charge in [0.05, 0.1) is 19.3 Å². The first-order valence-electron chi connectivity index (χ1n) is 11.4. The normalized spacial score (nSPS) is 30.1. The van der Waals surface area contributed by atoms with E-state index in [9.17, 15) is 0 Å². The predicted octanol–water partition coefficient (Wildman–Crippen LogP) is 1.75. The van der Waals surface area contributed by atoms with Gasteiger partial charge in [-0.15, -0.1) is 0 Å². The molecule has 1 aromatic carbocycles. The maximum atomic E-state index is 5.90. The zero-order valence-electron chi connectivity index (χ0n) is 17.4. The number of nitrogens with zero attached hydrogens (tertiary/aromatic N) is 3. The van der Waals surface area contributed by atoms with Gasteiger partial charge in [-0.3, -0.25) is 4.90 Å². The molecule has 5 nitrogen and oxygen atoms in total. The summed E-state index contributed by atoms with van der Waals surface area (Å²) in [5.74, 6) is 0. The summed E-state index contributed by atoms with van der Waals surface area (Å²) in [6, 6.07) is 8.88. The third-order valence-corrected chi connectivity index (χ3v) is 7.45. The van der Waals surface area contributed by atoms with Gasteiger partial charge in [-0.05, 0) is 62.4 Å². The minimum Gasteiger partial charge on any atom is -0.378 e. The number of nitrogens with one attached hydrogen (secondary N) is 1. The monoisotopic (exact) mass is 384 g/mol. The number of ether oxygens (including phenoxy) is 1. The molecule has 0 saturated carbocycles. The van der Waals surface area contributed by atoms with Crippen molar-refractivity contribution in [1.29, 1.82) is 0 Å². The number of hydrogen-bond donors (Lipinski definition) is 1. The van der Waals surface area contributed by atoms with E-state index in [4.69, 9.17) is 4.74 Å². The lowest BCUT2D eigenvalue weighted by Gasteiger charge is -2.40. The highest BCUT2D eigenvalue weighted by Gasteiger charge is 2.36. The maximum absolute atomic E-state index is 5.90. The van der Waals surface area contributed by atoms with Crippen molar-refractivity contribution in [1.82, 2.24) is 15.1 Å². The summed E-state index contributed by atoms with van der Waals surface area (Å²) >= 11 is 0. The molecule has 3 heterocycles. The molecule has 0 bridgehead atoms. The molecule has 0 aromatic heterocycles. The highest BCUT2D eigenvalue weighted by atomic mass is 16.5. The summed E-state index contributed by atoms with van der Waals surface area (Å²) in [5.41, 5.74) is 4.62. The summed E-state index contributed by atoms with van der Waals surface area (Å²) in [6.07, 6.45) is 6.37. The first-order valence-corrected chi connectivity index (χ1v) is 11.4. The Balaban J connectivity index is 1.14. The van der Waals surface area contributed by atoms with Crippen LogP contribution in [0.1, 0.15) is 30.4 Å². The standard InChI is InChI=1S/C23H36N4O/c1-25-11-13-27(14-12-25)23-17-28-16-22(23)24-20-7-9-26(10-8-20)21-6-5-18-3-2-4-19(18)15-21/h5-6,15,20,22-24H,2-4,7-14,16-17H2,1H3/t22-,23-/m0/s1. The van der Waals surface area contributed by atoms with E-state index in [2.05, 4.69) is 45.3 Å². The van der Waals surface area contributed by atoms with Crippen LogP contribution in [0.15, 0.2) is 18.2 Å². The number of fused-ring (bicyclic) bond motifs is 1. The van der Waals surface area contributed by atoms with Crippen molar-refractivity contribution < 1.29 is 4.74 Å². The molecule has 1 aliphatic carbocycles. The Labute approximate surface area is 170 Å². The molecule has 5 rings (SSSR count). The molecular formula is C23H36N4O. The molecule has 154 valence electrons. The quantitative estimate of drug-likeness (QED) is 0.855. The summed E-state index contributed by atoms with van der Waals surface area (Å²) in [4.78, 5) is 7.69. The number of benzene rings is 1. The fraction of sp³-hybridized carbons (Fsp3) is 0.739. The van der Waals surface area contributed by atoms with Crippen molar-refractivity contribution in [3.05, 3.63) is 29.3 Å². The SMILES string of the molecule is CN1CCN([C@H]2COC[C@@H]2NC2CCN(c3ccc4c(c3)CCC4)CC2)CC1. The van der Waals surface area contributed by atoms with Crippen LogP contribution in [0.4, 0.5) is 5.69 Å². The van der Waals surface area contributed by atoms with Crippen LogP contribution < -0.4 is 10.2 Å². The Morgan fingerprint density at radius 2 is 1.71 bits per heavy atom. The second-order valence-electron chi connectivity index (χ2n) is 9.29. The molecule has 0 unspecified atom stereocenters. The molecule has 5 heteroatoms. The summed E-state index contributed by atoms with van der Waals surface area (Å²) in [5, 5.41) is 3.98. The van der Waals surface area contributed by atoms with Gasteiger partial charge in [0.2, 0.25) is 0 Å². The van der Waals surface area contributed by atoms with Gasteiger partial charge in [-0.25, -0.2) is 0 Å². The molecule has 3 saturated heterocycles. The lowest BCUT2D eigenvalue weighted by atomic mass is 10.0. The Bertz CT molecular complexity index is 665. The number of piperazine rings is 1. The van der Waals surface area contributed by atoms with E-state index >= 15 is 0 Å². The zero-order valence-corrected chi connectivity index (χ0v) is 17.4. The predicted molar refractivity (Wildman–Crippen MR) is 114 cm³/mol. The number of rotatable bonds is 4. The largest absolute Gasteiger partial charge is 0.378 e. The number of likely N-dealkylation sites (N-methyl/N-ethyl adjacent to an activating group) is 1. The molecule has 3 aliphatic heterocycles. The minimum absolute atomic E-state index is 0.500. The first-order chi connectivity index (χ1) is 13.8. The van der Waals surface area contributed by atoms with Gasteiger partial charge in [0, 0.05) is 57.0 Å². The van der Waals surface area contributed by atoms with Crippen molar-refractivity contribution in [2.45, 2.75) is 50.2 Å². The number of hydrogen-bond acceptors (Lipinski definition) is 5. The van der Waals surface area contributed by atoms with Crippen LogP contribution in [0.3, 0.4) is 0 Å². The molecule has 0 spiro atoms. The van der Waals surface area contributed by atoms with Crippen LogP contribution in [0.5, 0.6) is 0 Å². The van der Waals surface area contributed by atoms with Gasteiger partial charge in [0.15, 0.2) is 0 Å². The van der Waals surface area contributed by atoms with Gasteiger partial charge < -0.3 is 19.9 Å². The topological polar surface area (TPSA) is 31.0 Å². The van der Waals surface area contributed by atoms with Crippen LogP contribution in [0, 0.1) is 0 Å². The zero-order chi connectivity index (χ0) is 18.9. The molecule has 4 aliphatic rings. The van der Waals surface area contributed by atoms with Crippen molar-refractivity contribution >= 4 is 5.69 Å². The lowest BCUT2D eigenvalue weighted by Crippen LogP contribution is -2.58. The van der Waals surface area contributed by atoms with Crippen LogP contribution in [-0.2, 0) is 17.6 Å². The van der Waals surface area contributed by atoms with Gasteiger partial charge in [0.1, 0.15) is 0 Å². The smallest absolute Gasteiger partial charge is 0.0638 e. The van der Waals surface area contributed by atoms with E-state index in [1.807, 2.05) is 0 Å². The van der Waals surface area contributed by atoms with Crippen LogP contribution in [-0.4, -0.2) is 87.5 Å². The van der Waals surface area contributed by atoms with E-state index in [0.29, 0.717) is 18.1 Å². The van der Waals surface area contributed by atoms with Crippen LogP contribution in [0.2, 0.25) is 0 Å². The van der Waals surface area contributed by atoms with E-state index in [-0.39, 0.29) is 0 Å². The third kappa shape index (κ3) is 3.95. The van der Waals surface area contributed by atoms with E-state index in [0.717, 1.165) is 13.2 Å². The second kappa shape index (κ2) is 8.31. The number of piperidine rings is 1. The summed E-state index contributed by atoms with van der Waals surface area (Å²) in [6.45, 7) is 8.84. The van der Waals surface area contributed by atoms with Gasteiger partial charge in [-0.2, -0.15) is 0 Å². The summed E-state index contributed by atoms with van der Waals surface area (Å²) < 4.78 is 5.90. The van der Waals surface area contributed by atoms with Crippen molar-refractivity contribution in [2.24, 2.45) is 0 Å². The Kier molecular flexibility index (Phi) is 5.60. The molecule has 2 atom stereocenters. The van der Waals surface area contributed by atoms with Gasteiger partial charge in [0.25, 0.3) is 0 Å². The number of aryl methyl sites for hydroxylation is 2. The highest BCUT2D eigenvalue weighted by Crippen LogP contribution is 2.28. The van der Waals surface area contributed by atoms with Crippen molar-refractivity contribution in [3.8, 4) is 0 Å². The molecule has 1 N–H and O–H groups in total.